The first-order valence-corrected chi connectivity index (χ1v) is 11.5. The molecule has 1 fully saturated rings. The molecular weight excluding hydrogens is 494 g/mol. The van der Waals surface area contributed by atoms with Crippen molar-refractivity contribution in [1.82, 2.24) is 4.31 Å². The summed E-state index contributed by atoms with van der Waals surface area (Å²) in [4.78, 5) is 1.97. The van der Waals surface area contributed by atoms with E-state index < -0.39 is 39.6 Å². The summed E-state index contributed by atoms with van der Waals surface area (Å²) < 4.78 is 106. The number of hydrogen-bond acceptors (Lipinski definition) is 5. The third-order valence-corrected chi connectivity index (χ3v) is 8.10. The summed E-state index contributed by atoms with van der Waals surface area (Å²) in [5, 5.41) is 9.51. The van der Waals surface area contributed by atoms with Crippen LogP contribution in [0.5, 0.6) is 0 Å². The number of nitrogens with zero attached hydrogens (tertiary/aromatic N) is 2. The number of aliphatic hydroxyl groups is 1. The molecule has 0 unspecified atom stereocenters. The molecule has 0 bridgehead atoms. The van der Waals surface area contributed by atoms with Crippen molar-refractivity contribution in [2.45, 2.75) is 40.7 Å². The highest BCUT2D eigenvalue weighted by Gasteiger charge is 2.71. The van der Waals surface area contributed by atoms with E-state index in [1.165, 1.54) is 10.4 Å². The lowest BCUT2D eigenvalue weighted by molar-refractivity contribution is -0.376. The van der Waals surface area contributed by atoms with Crippen molar-refractivity contribution in [3.63, 3.8) is 0 Å². The maximum absolute atomic E-state index is 13.1. The van der Waals surface area contributed by atoms with Gasteiger partial charge in [-0.2, -0.15) is 30.6 Å². The van der Waals surface area contributed by atoms with E-state index in [0.29, 0.717) is 17.8 Å². The molecule has 0 amide bonds. The standard InChI is InChI=1S/C20H20F6N2O3S2/c1-13-12-27(10-11-28(13)33(30,31)17-5-3-2-4-16(17)32)15-8-6-14(7-9-15)18(29,19(21,22)23)20(24,25)26/h2-9,13,29,32H,10-12H2,1H3/t13-/m1/s1. The smallest absolute Gasteiger partial charge is 0.369 e. The second kappa shape index (κ2) is 8.67. The van der Waals surface area contributed by atoms with Crippen molar-refractivity contribution in [2.75, 3.05) is 24.5 Å². The van der Waals surface area contributed by atoms with Crippen LogP contribution in [0.15, 0.2) is 58.3 Å². The van der Waals surface area contributed by atoms with E-state index in [4.69, 9.17) is 0 Å². The first-order valence-electron chi connectivity index (χ1n) is 9.62. The lowest BCUT2D eigenvalue weighted by atomic mass is 9.92. The molecule has 1 heterocycles. The van der Waals surface area contributed by atoms with Gasteiger partial charge in [0.25, 0.3) is 5.60 Å². The maximum Gasteiger partial charge on any atom is 0.430 e. The Labute approximate surface area is 192 Å². The van der Waals surface area contributed by atoms with Crippen molar-refractivity contribution in [2.24, 2.45) is 0 Å². The zero-order chi connectivity index (χ0) is 24.8. The number of hydrogen-bond donors (Lipinski definition) is 2. The van der Waals surface area contributed by atoms with Crippen molar-refractivity contribution in [1.29, 1.82) is 0 Å². The summed E-state index contributed by atoms with van der Waals surface area (Å²) in [7, 11) is -3.86. The molecule has 1 aliphatic heterocycles. The van der Waals surface area contributed by atoms with Crippen LogP contribution in [0.25, 0.3) is 0 Å². The summed E-state index contributed by atoms with van der Waals surface area (Å²) >= 11 is 4.19. The number of benzene rings is 2. The van der Waals surface area contributed by atoms with Crippen molar-refractivity contribution in [3.8, 4) is 0 Å². The van der Waals surface area contributed by atoms with Crippen LogP contribution in [0.3, 0.4) is 0 Å². The van der Waals surface area contributed by atoms with Crippen LogP contribution >= 0.6 is 12.6 Å². The molecule has 0 radical (unpaired) electrons. The summed E-state index contributed by atoms with van der Waals surface area (Å²) in [5.41, 5.74) is -6.06. The third-order valence-electron chi connectivity index (χ3n) is 5.49. The number of thiol groups is 1. The first-order chi connectivity index (χ1) is 15.1. The first kappa shape index (κ1) is 25.7. The van der Waals surface area contributed by atoms with E-state index in [1.807, 2.05) is 0 Å². The van der Waals surface area contributed by atoms with Gasteiger partial charge in [0.2, 0.25) is 10.0 Å². The fourth-order valence-electron chi connectivity index (χ4n) is 3.74. The minimum Gasteiger partial charge on any atom is -0.369 e. The van der Waals surface area contributed by atoms with E-state index >= 15 is 0 Å². The van der Waals surface area contributed by atoms with Gasteiger partial charge >= 0.3 is 12.4 Å². The Morgan fingerprint density at radius 2 is 1.48 bits per heavy atom. The fraction of sp³-hybridized carbons (Fsp3) is 0.400. The molecule has 5 nitrogen and oxygen atoms in total. The predicted octanol–water partition coefficient (Wildman–Crippen LogP) is 4.19. The van der Waals surface area contributed by atoms with Gasteiger partial charge in [-0.25, -0.2) is 8.42 Å². The van der Waals surface area contributed by atoms with Crippen molar-refractivity contribution < 1.29 is 39.9 Å². The molecule has 1 aliphatic rings. The van der Waals surface area contributed by atoms with Crippen LogP contribution in [0.4, 0.5) is 32.0 Å². The van der Waals surface area contributed by atoms with E-state index in [2.05, 4.69) is 12.6 Å². The fourth-order valence-corrected chi connectivity index (χ4v) is 5.94. The highest BCUT2D eigenvalue weighted by Crippen LogP contribution is 2.50. The highest BCUT2D eigenvalue weighted by atomic mass is 32.2. The molecular formula is C20H20F6N2O3S2. The summed E-state index contributed by atoms with van der Waals surface area (Å²) in [6, 6.07) is 8.86. The predicted molar refractivity (Wildman–Crippen MR) is 112 cm³/mol. The Balaban J connectivity index is 1.82. The quantitative estimate of drug-likeness (QED) is 0.475. The number of sulfonamides is 1. The summed E-state index contributed by atoms with van der Waals surface area (Å²) in [6.07, 6.45) is -11.9. The normalized spacial score (nSPS) is 19.1. The lowest BCUT2D eigenvalue weighted by Crippen LogP contribution is -2.54. The average molecular weight is 515 g/mol. The van der Waals surface area contributed by atoms with Crippen LogP contribution in [0, 0.1) is 0 Å². The van der Waals surface area contributed by atoms with Crippen LogP contribution in [0.2, 0.25) is 0 Å². The number of anilines is 1. The minimum absolute atomic E-state index is 0.0385. The molecule has 1 N–H and O–H groups in total. The molecule has 0 aliphatic carbocycles. The number of piperazine rings is 1. The molecule has 33 heavy (non-hydrogen) atoms. The molecule has 182 valence electrons. The minimum atomic E-state index is -5.97. The van der Waals surface area contributed by atoms with Gasteiger partial charge in [0, 0.05) is 41.8 Å². The molecule has 0 spiro atoms. The van der Waals surface area contributed by atoms with Gasteiger partial charge in [0.1, 0.15) is 0 Å². The van der Waals surface area contributed by atoms with Crippen molar-refractivity contribution in [3.05, 3.63) is 54.1 Å². The second-order valence-electron chi connectivity index (χ2n) is 7.63. The highest BCUT2D eigenvalue weighted by molar-refractivity contribution is 7.90. The number of rotatable bonds is 4. The molecule has 0 saturated carbocycles. The van der Waals surface area contributed by atoms with Gasteiger partial charge in [-0.05, 0) is 31.2 Å². The Morgan fingerprint density at radius 3 is 1.97 bits per heavy atom. The molecule has 2 aromatic carbocycles. The third kappa shape index (κ3) is 4.55. The van der Waals surface area contributed by atoms with Gasteiger partial charge in [-0.3, -0.25) is 0 Å². The van der Waals surface area contributed by atoms with Gasteiger partial charge < -0.3 is 10.0 Å². The topological polar surface area (TPSA) is 60.9 Å². The van der Waals surface area contributed by atoms with Crippen LogP contribution < -0.4 is 4.90 Å². The molecule has 0 aromatic heterocycles. The number of halogens is 6. The van der Waals surface area contributed by atoms with Crippen LogP contribution in [-0.4, -0.2) is 55.9 Å². The van der Waals surface area contributed by atoms with Crippen LogP contribution in [0.1, 0.15) is 12.5 Å². The van der Waals surface area contributed by atoms with Gasteiger partial charge in [0.15, 0.2) is 0 Å². The molecule has 13 heteroatoms. The SMILES string of the molecule is C[C@@H]1CN(c2ccc(C(O)(C(F)(F)F)C(F)(F)F)cc2)CCN1S(=O)(=O)c1ccccc1S. The van der Waals surface area contributed by atoms with Gasteiger partial charge in [-0.1, -0.05) is 24.3 Å². The zero-order valence-electron chi connectivity index (χ0n) is 17.1. The van der Waals surface area contributed by atoms with E-state index in [0.717, 1.165) is 12.1 Å². The van der Waals surface area contributed by atoms with Crippen LogP contribution in [-0.2, 0) is 15.6 Å². The average Bonchev–Trinajstić information content (AvgIpc) is 2.71. The van der Waals surface area contributed by atoms with Gasteiger partial charge in [0.05, 0.1) is 4.90 Å². The molecule has 2 aromatic rings. The van der Waals surface area contributed by atoms with E-state index in [1.54, 1.807) is 30.0 Å². The summed E-state index contributed by atoms with van der Waals surface area (Å²) in [6.45, 7) is 1.99. The molecule has 3 rings (SSSR count). The lowest BCUT2D eigenvalue weighted by Gasteiger charge is -2.40. The molecule has 1 atom stereocenters. The monoisotopic (exact) mass is 514 g/mol. The number of alkyl halides is 6. The Morgan fingerprint density at radius 1 is 0.939 bits per heavy atom. The van der Waals surface area contributed by atoms with Gasteiger partial charge in [-0.15, -0.1) is 12.6 Å². The zero-order valence-corrected chi connectivity index (χ0v) is 18.8. The Hall–Kier alpha value is -1.96. The maximum atomic E-state index is 13.1. The largest absolute Gasteiger partial charge is 0.430 e. The second-order valence-corrected chi connectivity index (χ2v) is 9.97. The Kier molecular flexibility index (Phi) is 6.75. The summed E-state index contributed by atoms with van der Waals surface area (Å²) in [5.74, 6) is 0. The van der Waals surface area contributed by atoms with E-state index in [-0.39, 0.29) is 29.4 Å². The Bertz CT molecular complexity index is 1090. The van der Waals surface area contributed by atoms with Crippen molar-refractivity contribution >= 4 is 28.3 Å². The molecule has 1 saturated heterocycles. The van der Waals surface area contributed by atoms with E-state index in [9.17, 15) is 39.9 Å².